The molecule has 0 radical (unpaired) electrons. The summed E-state index contributed by atoms with van der Waals surface area (Å²) < 4.78 is 5.88. The Morgan fingerprint density at radius 3 is 2.53 bits per heavy atom. The minimum atomic E-state index is -0.289. The molecule has 0 unspecified atom stereocenters. The smallest absolute Gasteiger partial charge is 0.338 e. The molecule has 0 bridgehead atoms. The van der Waals surface area contributed by atoms with Crippen molar-refractivity contribution in [1.82, 2.24) is 0 Å². The number of methoxy groups -OCH3 is 1. The van der Waals surface area contributed by atoms with Crippen LogP contribution in [-0.2, 0) is 4.74 Å². The van der Waals surface area contributed by atoms with Gasteiger partial charge < -0.3 is 4.74 Å². The molecule has 0 aliphatic rings. The number of carbonyl (C=O) groups is 1. The van der Waals surface area contributed by atoms with Crippen molar-refractivity contribution in [2.24, 2.45) is 0 Å². The minimum Gasteiger partial charge on any atom is -0.465 e. The molecule has 0 saturated carbocycles. The van der Waals surface area contributed by atoms with Gasteiger partial charge in [-0.15, -0.1) is 0 Å². The summed E-state index contributed by atoms with van der Waals surface area (Å²) in [7, 11) is 1.40. The predicted molar refractivity (Wildman–Crippen MR) is 68.0 cm³/mol. The van der Waals surface area contributed by atoms with E-state index in [4.69, 9.17) is 4.74 Å². The second-order valence-electron chi connectivity index (χ2n) is 3.13. The fourth-order valence-electron chi connectivity index (χ4n) is 1.56. The molecule has 2 aromatic carbocycles. The summed E-state index contributed by atoms with van der Waals surface area (Å²) in [4.78, 5) is 11.5. The van der Waals surface area contributed by atoms with Crippen LogP contribution in [0.3, 0.4) is 0 Å². The molecule has 76 valence electrons. The fourth-order valence-corrected chi connectivity index (χ4v) is 2.24. The van der Waals surface area contributed by atoms with Crippen molar-refractivity contribution < 1.29 is 9.53 Å². The molecule has 0 saturated heterocycles. The van der Waals surface area contributed by atoms with E-state index in [1.165, 1.54) is 7.11 Å². The molecule has 0 aliphatic carbocycles. The van der Waals surface area contributed by atoms with Gasteiger partial charge in [0.1, 0.15) is 0 Å². The predicted octanol–water partition coefficient (Wildman–Crippen LogP) is 3.23. The van der Waals surface area contributed by atoms with Gasteiger partial charge in [-0.1, -0.05) is 24.3 Å². The molecule has 15 heavy (non-hydrogen) atoms. The maximum absolute atomic E-state index is 11.5. The molecule has 0 heterocycles. The highest BCUT2D eigenvalue weighted by atomic mass is 127. The molecule has 3 heteroatoms. The molecule has 0 aromatic heterocycles. The van der Waals surface area contributed by atoms with E-state index < -0.39 is 0 Å². The third-order valence-corrected chi connectivity index (χ3v) is 3.21. The number of carbonyl (C=O) groups excluding carboxylic acids is 1. The first-order chi connectivity index (χ1) is 7.24. The van der Waals surface area contributed by atoms with Crippen molar-refractivity contribution in [2.45, 2.75) is 0 Å². The van der Waals surface area contributed by atoms with E-state index in [9.17, 15) is 4.79 Å². The first kappa shape index (κ1) is 10.4. The van der Waals surface area contributed by atoms with Gasteiger partial charge in [0.25, 0.3) is 0 Å². The normalized spacial score (nSPS) is 10.3. The maximum atomic E-state index is 11.5. The van der Waals surface area contributed by atoms with E-state index in [2.05, 4.69) is 22.6 Å². The van der Waals surface area contributed by atoms with Crippen molar-refractivity contribution in [3.63, 3.8) is 0 Å². The van der Waals surface area contributed by atoms with Crippen LogP contribution in [0.5, 0.6) is 0 Å². The Morgan fingerprint density at radius 1 is 1.13 bits per heavy atom. The lowest BCUT2D eigenvalue weighted by molar-refractivity contribution is 0.0603. The van der Waals surface area contributed by atoms with E-state index in [0.717, 1.165) is 14.3 Å². The van der Waals surface area contributed by atoms with Crippen LogP contribution in [0.2, 0.25) is 0 Å². The Kier molecular flexibility index (Phi) is 2.90. The van der Waals surface area contributed by atoms with E-state index in [-0.39, 0.29) is 5.97 Å². The Bertz CT molecular complexity index is 520. The number of fused-ring (bicyclic) bond motifs is 1. The summed E-state index contributed by atoms with van der Waals surface area (Å²) in [6.07, 6.45) is 0. The largest absolute Gasteiger partial charge is 0.465 e. The number of ether oxygens (including phenoxy) is 1. The number of esters is 1. The van der Waals surface area contributed by atoms with E-state index in [1.54, 1.807) is 6.07 Å². The van der Waals surface area contributed by atoms with Gasteiger partial charge in [0.05, 0.1) is 12.7 Å². The standard InChI is InChI=1S/C12H9IO2/c1-15-12(14)10-6-2-5-9-8(10)4-3-7-11(9)13/h2-7H,1H3. The zero-order chi connectivity index (χ0) is 10.8. The Morgan fingerprint density at radius 2 is 1.80 bits per heavy atom. The second kappa shape index (κ2) is 4.18. The maximum Gasteiger partial charge on any atom is 0.338 e. The van der Waals surface area contributed by atoms with Gasteiger partial charge in [-0.3, -0.25) is 0 Å². The lowest BCUT2D eigenvalue weighted by atomic mass is 10.1. The summed E-state index contributed by atoms with van der Waals surface area (Å²) in [5.41, 5.74) is 0.619. The lowest BCUT2D eigenvalue weighted by Gasteiger charge is -2.05. The fraction of sp³-hybridized carbons (Fsp3) is 0.0833. The molecule has 0 aliphatic heterocycles. The van der Waals surface area contributed by atoms with E-state index in [1.807, 2.05) is 30.3 Å². The molecule has 0 fully saturated rings. The van der Waals surface area contributed by atoms with Crippen molar-refractivity contribution in [3.8, 4) is 0 Å². The zero-order valence-electron chi connectivity index (χ0n) is 8.16. The van der Waals surface area contributed by atoms with Crippen LogP contribution < -0.4 is 0 Å². The Labute approximate surface area is 101 Å². The molecule has 0 amide bonds. The van der Waals surface area contributed by atoms with Gasteiger partial charge in [-0.2, -0.15) is 0 Å². The zero-order valence-corrected chi connectivity index (χ0v) is 10.3. The highest BCUT2D eigenvalue weighted by Crippen LogP contribution is 2.23. The van der Waals surface area contributed by atoms with E-state index in [0.29, 0.717) is 5.56 Å². The van der Waals surface area contributed by atoms with Crippen molar-refractivity contribution in [3.05, 3.63) is 45.5 Å². The summed E-state index contributed by atoms with van der Waals surface area (Å²) in [5.74, 6) is -0.289. The van der Waals surface area contributed by atoms with Crippen molar-refractivity contribution >= 4 is 39.3 Å². The number of benzene rings is 2. The Hall–Kier alpha value is -1.10. The first-order valence-corrected chi connectivity index (χ1v) is 5.57. The molecule has 2 rings (SSSR count). The first-order valence-electron chi connectivity index (χ1n) is 4.49. The molecule has 0 spiro atoms. The molecule has 0 atom stereocenters. The summed E-state index contributed by atoms with van der Waals surface area (Å²) in [6.45, 7) is 0. The van der Waals surface area contributed by atoms with Gasteiger partial charge in [0.2, 0.25) is 0 Å². The van der Waals surface area contributed by atoms with Crippen molar-refractivity contribution in [1.29, 1.82) is 0 Å². The highest BCUT2D eigenvalue weighted by molar-refractivity contribution is 14.1. The van der Waals surface area contributed by atoms with Gasteiger partial charge in [0.15, 0.2) is 0 Å². The number of hydrogen-bond acceptors (Lipinski definition) is 2. The molecule has 0 N–H and O–H groups in total. The van der Waals surface area contributed by atoms with Gasteiger partial charge >= 0.3 is 5.97 Å². The van der Waals surface area contributed by atoms with Crippen LogP contribution in [0.15, 0.2) is 36.4 Å². The minimum absolute atomic E-state index is 0.289. The number of hydrogen-bond donors (Lipinski definition) is 0. The summed E-state index contributed by atoms with van der Waals surface area (Å²) in [5, 5.41) is 2.03. The summed E-state index contributed by atoms with van der Waals surface area (Å²) >= 11 is 2.26. The highest BCUT2D eigenvalue weighted by Gasteiger charge is 2.10. The van der Waals surface area contributed by atoms with Crippen LogP contribution in [0.25, 0.3) is 10.8 Å². The Balaban J connectivity index is 2.77. The quantitative estimate of drug-likeness (QED) is 0.597. The van der Waals surface area contributed by atoms with Crippen molar-refractivity contribution in [2.75, 3.05) is 7.11 Å². The average Bonchev–Trinajstić information content (AvgIpc) is 2.28. The van der Waals surface area contributed by atoms with Gasteiger partial charge in [-0.25, -0.2) is 4.79 Å². The lowest BCUT2D eigenvalue weighted by Crippen LogP contribution is -2.01. The SMILES string of the molecule is COC(=O)c1cccc2c(I)cccc12. The van der Waals surface area contributed by atoms with Crippen LogP contribution in [0.1, 0.15) is 10.4 Å². The van der Waals surface area contributed by atoms with Crippen LogP contribution in [-0.4, -0.2) is 13.1 Å². The molecule has 2 aromatic rings. The molecular weight excluding hydrogens is 303 g/mol. The van der Waals surface area contributed by atoms with Crippen LogP contribution in [0, 0.1) is 3.57 Å². The second-order valence-corrected chi connectivity index (χ2v) is 4.29. The number of halogens is 1. The average molecular weight is 312 g/mol. The topological polar surface area (TPSA) is 26.3 Å². The molecule has 2 nitrogen and oxygen atoms in total. The third-order valence-electron chi connectivity index (χ3n) is 2.27. The van der Waals surface area contributed by atoms with E-state index >= 15 is 0 Å². The number of rotatable bonds is 1. The third kappa shape index (κ3) is 1.84. The summed E-state index contributed by atoms with van der Waals surface area (Å²) in [6, 6.07) is 11.6. The molecular formula is C12H9IO2. The van der Waals surface area contributed by atoms with Gasteiger partial charge in [0, 0.05) is 3.57 Å². The van der Waals surface area contributed by atoms with Crippen LogP contribution >= 0.6 is 22.6 Å². The monoisotopic (exact) mass is 312 g/mol. The van der Waals surface area contributed by atoms with Gasteiger partial charge in [-0.05, 0) is 45.5 Å². The van der Waals surface area contributed by atoms with Crippen LogP contribution in [0.4, 0.5) is 0 Å².